The van der Waals surface area contributed by atoms with E-state index in [4.69, 9.17) is 5.10 Å². The van der Waals surface area contributed by atoms with Gasteiger partial charge in [0, 0.05) is 5.39 Å². The second-order valence-electron chi connectivity index (χ2n) is 7.85. The zero-order valence-electron chi connectivity index (χ0n) is 17.9. The van der Waals surface area contributed by atoms with Gasteiger partial charge in [0.1, 0.15) is 5.54 Å². The lowest BCUT2D eigenvalue weighted by Gasteiger charge is -2.37. The highest BCUT2D eigenvalue weighted by Gasteiger charge is 2.40. The Balaban J connectivity index is 1.97. The van der Waals surface area contributed by atoms with E-state index in [0.29, 0.717) is 5.69 Å². The first-order valence-corrected chi connectivity index (χ1v) is 10.7. The summed E-state index contributed by atoms with van der Waals surface area (Å²) in [6.45, 7) is 3.95. The van der Waals surface area contributed by atoms with Crippen LogP contribution in [0.25, 0.3) is 17.0 Å². The Morgan fingerprint density at radius 2 is 1.27 bits per heavy atom. The normalized spacial score (nSPS) is 11.4. The molecule has 0 unspecified atom stereocenters. The van der Waals surface area contributed by atoms with Gasteiger partial charge in [0.2, 0.25) is 0 Å². The fraction of sp³-hybridized carbons (Fsp3) is 0.0345. The molecule has 0 bridgehead atoms. The largest absolute Gasteiger partial charge is 0.478 e. The Labute approximate surface area is 192 Å². The maximum Gasteiger partial charge on any atom is 0.335 e. The monoisotopic (exact) mass is 430 g/mol. The van der Waals surface area contributed by atoms with Crippen LogP contribution in [0.1, 0.15) is 32.7 Å². The average Bonchev–Trinajstić information content (AvgIpc) is 3.25. The Bertz CT molecular complexity index is 1340. The topological polar surface area (TPSA) is 55.1 Å². The number of aromatic carboxylic acids is 1. The first-order chi connectivity index (χ1) is 16.2. The minimum absolute atomic E-state index is 0.217. The van der Waals surface area contributed by atoms with Crippen molar-refractivity contribution in [2.24, 2.45) is 0 Å². The van der Waals surface area contributed by atoms with E-state index in [1.165, 1.54) is 0 Å². The van der Waals surface area contributed by atoms with Crippen molar-refractivity contribution in [2.45, 2.75) is 5.54 Å². The number of fused-ring (bicyclic) bond motifs is 1. The number of nitrogens with zero attached hydrogens (tertiary/aromatic N) is 2. The zero-order valence-corrected chi connectivity index (χ0v) is 17.9. The first-order valence-electron chi connectivity index (χ1n) is 10.7. The van der Waals surface area contributed by atoms with Crippen LogP contribution in [0.15, 0.2) is 116 Å². The van der Waals surface area contributed by atoms with Gasteiger partial charge in [-0.05, 0) is 41.0 Å². The number of carboxylic acids is 1. The number of hydrogen-bond acceptors (Lipinski definition) is 2. The molecule has 0 amide bonds. The molecule has 5 rings (SSSR count). The molecule has 1 heterocycles. The van der Waals surface area contributed by atoms with Crippen molar-refractivity contribution in [1.29, 1.82) is 0 Å². The summed E-state index contributed by atoms with van der Waals surface area (Å²) >= 11 is 0. The number of carbonyl (C=O) groups is 1. The van der Waals surface area contributed by atoms with Crippen molar-refractivity contribution in [1.82, 2.24) is 9.78 Å². The second-order valence-corrected chi connectivity index (χ2v) is 7.85. The molecule has 1 N–H and O–H groups in total. The van der Waals surface area contributed by atoms with Gasteiger partial charge < -0.3 is 5.11 Å². The van der Waals surface area contributed by atoms with Gasteiger partial charge in [-0.3, -0.25) is 0 Å². The lowest BCUT2D eigenvalue weighted by Crippen LogP contribution is -2.38. The smallest absolute Gasteiger partial charge is 0.335 e. The third kappa shape index (κ3) is 3.24. The van der Waals surface area contributed by atoms with Crippen molar-refractivity contribution in [3.63, 3.8) is 0 Å². The minimum Gasteiger partial charge on any atom is -0.478 e. The summed E-state index contributed by atoms with van der Waals surface area (Å²) in [4.78, 5) is 11.7. The third-order valence-corrected chi connectivity index (χ3v) is 6.04. The lowest BCUT2D eigenvalue weighted by molar-refractivity contribution is 0.0697. The molecule has 5 aromatic rings. The standard InChI is InChI=1S/C29H22N2O2/c1-2-26-25-20-21(28(32)33)18-19-27(25)31(30-26)29(22-12-6-3-7-13-22,23-14-8-4-9-15-23)24-16-10-5-11-17-24/h2-20H,1H2,(H,32,33). The summed E-state index contributed by atoms with van der Waals surface area (Å²) in [7, 11) is 0. The molecule has 0 saturated carbocycles. The van der Waals surface area contributed by atoms with Crippen LogP contribution in [-0.4, -0.2) is 20.9 Å². The molecule has 0 saturated heterocycles. The van der Waals surface area contributed by atoms with Gasteiger partial charge in [0.15, 0.2) is 0 Å². The van der Waals surface area contributed by atoms with E-state index in [9.17, 15) is 9.90 Å². The van der Waals surface area contributed by atoms with Crippen LogP contribution in [0.5, 0.6) is 0 Å². The van der Waals surface area contributed by atoms with E-state index >= 15 is 0 Å². The number of benzene rings is 4. The highest BCUT2D eigenvalue weighted by molar-refractivity contribution is 5.96. The SMILES string of the molecule is C=Cc1nn(C(c2ccccc2)(c2ccccc2)c2ccccc2)c2ccc(C(=O)O)cc12. The molecular weight excluding hydrogens is 408 g/mol. The van der Waals surface area contributed by atoms with Crippen molar-refractivity contribution < 1.29 is 9.90 Å². The average molecular weight is 431 g/mol. The highest BCUT2D eigenvalue weighted by Crippen LogP contribution is 2.42. The van der Waals surface area contributed by atoms with E-state index in [0.717, 1.165) is 27.6 Å². The minimum atomic E-state index is -0.972. The van der Waals surface area contributed by atoms with Crippen LogP contribution in [0.3, 0.4) is 0 Å². The zero-order chi connectivity index (χ0) is 22.8. The van der Waals surface area contributed by atoms with E-state index in [-0.39, 0.29) is 5.56 Å². The summed E-state index contributed by atoms with van der Waals surface area (Å²) in [6.07, 6.45) is 1.68. The summed E-state index contributed by atoms with van der Waals surface area (Å²) in [5.41, 5.74) is 4.04. The summed E-state index contributed by atoms with van der Waals surface area (Å²) < 4.78 is 2.00. The van der Waals surface area contributed by atoms with E-state index in [2.05, 4.69) is 43.0 Å². The molecule has 33 heavy (non-hydrogen) atoms. The molecule has 0 atom stereocenters. The highest BCUT2D eigenvalue weighted by atomic mass is 16.4. The third-order valence-electron chi connectivity index (χ3n) is 6.04. The maximum atomic E-state index is 11.7. The number of hydrogen-bond donors (Lipinski definition) is 1. The van der Waals surface area contributed by atoms with Crippen molar-refractivity contribution >= 4 is 22.9 Å². The Kier molecular flexibility index (Phi) is 5.11. The fourth-order valence-corrected chi connectivity index (χ4v) is 4.59. The van der Waals surface area contributed by atoms with Gasteiger partial charge in [-0.2, -0.15) is 5.10 Å². The molecule has 0 radical (unpaired) electrons. The van der Waals surface area contributed by atoms with E-state index < -0.39 is 11.5 Å². The Morgan fingerprint density at radius 3 is 1.70 bits per heavy atom. The van der Waals surface area contributed by atoms with Crippen LogP contribution in [0.4, 0.5) is 0 Å². The lowest BCUT2D eigenvalue weighted by atomic mass is 9.77. The number of aromatic nitrogens is 2. The Hall–Kier alpha value is -4.44. The number of carboxylic acid groups (broad SMARTS) is 1. The van der Waals surface area contributed by atoms with Crippen LogP contribution in [0, 0.1) is 0 Å². The summed E-state index contributed by atoms with van der Waals surface area (Å²) in [5.74, 6) is -0.972. The van der Waals surface area contributed by atoms with Crippen LogP contribution >= 0.6 is 0 Å². The molecule has 0 aliphatic carbocycles. The van der Waals surface area contributed by atoms with Gasteiger partial charge >= 0.3 is 5.97 Å². The molecule has 0 aliphatic heterocycles. The molecule has 160 valence electrons. The van der Waals surface area contributed by atoms with Gasteiger partial charge in [0.25, 0.3) is 0 Å². The predicted octanol–water partition coefficient (Wildman–Crippen LogP) is 6.22. The van der Waals surface area contributed by atoms with Crippen LogP contribution < -0.4 is 0 Å². The Morgan fingerprint density at radius 1 is 0.788 bits per heavy atom. The quantitative estimate of drug-likeness (QED) is 0.326. The summed E-state index contributed by atoms with van der Waals surface area (Å²) in [6, 6.07) is 35.9. The predicted molar refractivity (Wildman–Crippen MR) is 131 cm³/mol. The van der Waals surface area contributed by atoms with Crippen molar-refractivity contribution in [3.8, 4) is 0 Å². The molecule has 0 fully saturated rings. The van der Waals surface area contributed by atoms with Crippen LogP contribution in [-0.2, 0) is 5.54 Å². The molecular formula is C29H22N2O2. The summed E-state index contributed by atoms with van der Waals surface area (Å²) in [5, 5.41) is 15.3. The molecule has 0 aliphatic rings. The van der Waals surface area contributed by atoms with Gasteiger partial charge in [-0.15, -0.1) is 0 Å². The molecule has 4 aromatic carbocycles. The van der Waals surface area contributed by atoms with Crippen LogP contribution in [0.2, 0.25) is 0 Å². The first kappa shape index (κ1) is 20.5. The second kappa shape index (κ2) is 8.24. The fourth-order valence-electron chi connectivity index (χ4n) is 4.59. The molecule has 4 heteroatoms. The maximum absolute atomic E-state index is 11.7. The number of rotatable bonds is 6. The van der Waals surface area contributed by atoms with E-state index in [1.807, 2.05) is 65.3 Å². The van der Waals surface area contributed by atoms with Crippen molar-refractivity contribution in [2.75, 3.05) is 0 Å². The molecule has 1 aromatic heterocycles. The van der Waals surface area contributed by atoms with Gasteiger partial charge in [-0.25, -0.2) is 9.48 Å². The van der Waals surface area contributed by atoms with Gasteiger partial charge in [0.05, 0.1) is 16.8 Å². The molecule has 0 spiro atoms. The van der Waals surface area contributed by atoms with Crippen molar-refractivity contribution in [3.05, 3.63) is 144 Å². The van der Waals surface area contributed by atoms with E-state index in [1.54, 1.807) is 18.2 Å². The van der Waals surface area contributed by atoms with Gasteiger partial charge in [-0.1, -0.05) is 97.6 Å². The molecule has 4 nitrogen and oxygen atoms in total.